The Bertz CT molecular complexity index is 1070. The van der Waals surface area contributed by atoms with Gasteiger partial charge in [0.2, 0.25) is 11.8 Å². The van der Waals surface area contributed by atoms with Gasteiger partial charge in [-0.25, -0.2) is 0 Å². The lowest BCUT2D eigenvalue weighted by Crippen LogP contribution is -2.54. The quantitative estimate of drug-likeness (QED) is 0.649. The van der Waals surface area contributed by atoms with Gasteiger partial charge in [0, 0.05) is 32.5 Å². The van der Waals surface area contributed by atoms with Crippen molar-refractivity contribution in [1.29, 1.82) is 0 Å². The Labute approximate surface area is 189 Å². The Morgan fingerprint density at radius 2 is 1.72 bits per heavy atom. The highest BCUT2D eigenvalue weighted by Gasteiger charge is 2.43. The first kappa shape index (κ1) is 21.8. The van der Waals surface area contributed by atoms with Crippen molar-refractivity contribution in [2.75, 3.05) is 20.1 Å². The monoisotopic (exact) mass is 427 g/mol. The number of carbonyl (C=O) groups is 2. The highest BCUT2D eigenvalue weighted by molar-refractivity contribution is 5.85. The number of nitrogens with zero attached hydrogens (tertiary/aromatic N) is 2. The molecule has 4 rings (SSSR count). The molecule has 1 N–H and O–H groups in total. The minimum Gasteiger partial charge on any atom is -0.359 e. The number of hydrogen-bond donors (Lipinski definition) is 1. The Morgan fingerprint density at radius 3 is 2.47 bits per heavy atom. The standard InChI is InChI=1S/C27H29N3O2/c1-28-26(32)27(19-22-9-5-10-24(17-22)23-11-14-29-15-12-23)13-6-16-30(20-27)25(31)18-21-7-3-2-4-8-21/h2-5,7-12,14-15,17H,6,13,16,18-20H2,1H3,(H,28,32)/t27-/m0/s1. The zero-order valence-corrected chi connectivity index (χ0v) is 18.5. The lowest BCUT2D eigenvalue weighted by atomic mass is 9.74. The number of nitrogens with one attached hydrogen (secondary N) is 1. The molecule has 2 amide bonds. The molecule has 2 heterocycles. The first-order valence-electron chi connectivity index (χ1n) is 11.1. The van der Waals surface area contributed by atoms with E-state index in [-0.39, 0.29) is 11.8 Å². The maximum Gasteiger partial charge on any atom is 0.228 e. The summed E-state index contributed by atoms with van der Waals surface area (Å²) in [4.78, 5) is 32.1. The fraction of sp³-hybridized carbons (Fsp3) is 0.296. The van der Waals surface area contributed by atoms with Crippen LogP contribution in [-0.4, -0.2) is 41.8 Å². The first-order valence-corrected chi connectivity index (χ1v) is 11.1. The van der Waals surface area contributed by atoms with Crippen molar-refractivity contribution in [3.05, 3.63) is 90.3 Å². The number of rotatable bonds is 6. The van der Waals surface area contributed by atoms with E-state index in [0.717, 1.165) is 35.1 Å². The topological polar surface area (TPSA) is 62.3 Å². The van der Waals surface area contributed by atoms with Crippen LogP contribution in [0.25, 0.3) is 11.1 Å². The van der Waals surface area contributed by atoms with E-state index >= 15 is 0 Å². The molecule has 1 saturated heterocycles. The summed E-state index contributed by atoms with van der Waals surface area (Å²) < 4.78 is 0. The van der Waals surface area contributed by atoms with Gasteiger partial charge in [0.1, 0.15) is 0 Å². The zero-order chi connectivity index (χ0) is 22.4. The Balaban J connectivity index is 1.56. The van der Waals surface area contributed by atoms with Gasteiger partial charge in [-0.15, -0.1) is 0 Å². The smallest absolute Gasteiger partial charge is 0.228 e. The lowest BCUT2D eigenvalue weighted by Gasteiger charge is -2.41. The van der Waals surface area contributed by atoms with E-state index in [2.05, 4.69) is 28.5 Å². The van der Waals surface area contributed by atoms with Gasteiger partial charge in [0.05, 0.1) is 11.8 Å². The van der Waals surface area contributed by atoms with Gasteiger partial charge in [-0.1, -0.05) is 54.6 Å². The van der Waals surface area contributed by atoms with E-state index in [1.54, 1.807) is 19.4 Å². The molecule has 0 saturated carbocycles. The van der Waals surface area contributed by atoms with Crippen LogP contribution in [-0.2, 0) is 22.4 Å². The molecular weight excluding hydrogens is 398 g/mol. The molecular formula is C27H29N3O2. The number of aromatic nitrogens is 1. The molecule has 0 spiro atoms. The fourth-order valence-electron chi connectivity index (χ4n) is 4.70. The van der Waals surface area contributed by atoms with Crippen LogP contribution in [0.2, 0.25) is 0 Å². The summed E-state index contributed by atoms with van der Waals surface area (Å²) in [6, 6.07) is 22.1. The van der Waals surface area contributed by atoms with Crippen molar-refractivity contribution >= 4 is 11.8 Å². The maximum atomic E-state index is 13.1. The van der Waals surface area contributed by atoms with Gasteiger partial charge in [0.25, 0.3) is 0 Å². The van der Waals surface area contributed by atoms with Gasteiger partial charge in [0.15, 0.2) is 0 Å². The van der Waals surface area contributed by atoms with Crippen LogP contribution < -0.4 is 5.32 Å². The van der Waals surface area contributed by atoms with E-state index in [4.69, 9.17) is 0 Å². The van der Waals surface area contributed by atoms with Gasteiger partial charge in [-0.05, 0) is 53.6 Å². The van der Waals surface area contributed by atoms with Gasteiger partial charge in [-0.3, -0.25) is 14.6 Å². The molecule has 1 aliphatic rings. The zero-order valence-electron chi connectivity index (χ0n) is 18.5. The van der Waals surface area contributed by atoms with Gasteiger partial charge in [-0.2, -0.15) is 0 Å². The molecule has 2 aromatic carbocycles. The van der Waals surface area contributed by atoms with Crippen molar-refractivity contribution in [2.45, 2.75) is 25.7 Å². The first-order chi connectivity index (χ1) is 15.6. The Hall–Kier alpha value is -3.47. The largest absolute Gasteiger partial charge is 0.359 e. The SMILES string of the molecule is CNC(=O)[C@]1(Cc2cccc(-c3ccncc3)c2)CCCN(C(=O)Cc2ccccc2)C1. The molecule has 5 heteroatoms. The summed E-state index contributed by atoms with van der Waals surface area (Å²) in [7, 11) is 1.68. The average Bonchev–Trinajstić information content (AvgIpc) is 2.85. The van der Waals surface area contributed by atoms with E-state index in [1.807, 2.05) is 53.4 Å². The van der Waals surface area contributed by atoms with E-state index in [9.17, 15) is 9.59 Å². The summed E-state index contributed by atoms with van der Waals surface area (Å²) in [5.74, 6) is 0.0822. The highest BCUT2D eigenvalue weighted by Crippen LogP contribution is 2.35. The van der Waals surface area contributed by atoms with Gasteiger partial charge >= 0.3 is 0 Å². The molecule has 0 aliphatic carbocycles. The number of amides is 2. The van der Waals surface area contributed by atoms with Crippen molar-refractivity contribution in [2.24, 2.45) is 5.41 Å². The van der Waals surface area contributed by atoms with Crippen LogP contribution in [0.5, 0.6) is 0 Å². The van der Waals surface area contributed by atoms with Crippen LogP contribution in [0.15, 0.2) is 79.1 Å². The third-order valence-corrected chi connectivity index (χ3v) is 6.32. The minimum atomic E-state index is -0.629. The van der Waals surface area contributed by atoms with Crippen molar-refractivity contribution < 1.29 is 9.59 Å². The van der Waals surface area contributed by atoms with Crippen LogP contribution in [0.4, 0.5) is 0 Å². The number of hydrogen-bond acceptors (Lipinski definition) is 3. The van der Waals surface area contributed by atoms with Crippen LogP contribution in [0.3, 0.4) is 0 Å². The molecule has 164 valence electrons. The molecule has 0 radical (unpaired) electrons. The van der Waals surface area contributed by atoms with Crippen LogP contribution in [0, 0.1) is 5.41 Å². The average molecular weight is 428 g/mol. The van der Waals surface area contributed by atoms with E-state index in [1.165, 1.54) is 0 Å². The second kappa shape index (κ2) is 9.77. The molecule has 1 fully saturated rings. The minimum absolute atomic E-state index is 0.00373. The van der Waals surface area contributed by atoms with Crippen molar-refractivity contribution in [3.8, 4) is 11.1 Å². The number of carbonyl (C=O) groups excluding carboxylic acids is 2. The third kappa shape index (κ3) is 4.88. The summed E-state index contributed by atoms with van der Waals surface area (Å²) in [6.45, 7) is 1.14. The maximum absolute atomic E-state index is 13.1. The normalized spacial score (nSPS) is 18.2. The fourth-order valence-corrected chi connectivity index (χ4v) is 4.70. The lowest BCUT2D eigenvalue weighted by molar-refractivity contribution is -0.141. The van der Waals surface area contributed by atoms with E-state index < -0.39 is 5.41 Å². The molecule has 1 aromatic heterocycles. The molecule has 32 heavy (non-hydrogen) atoms. The number of likely N-dealkylation sites (tertiary alicyclic amines) is 1. The summed E-state index contributed by atoms with van der Waals surface area (Å²) in [5, 5.41) is 2.87. The van der Waals surface area contributed by atoms with E-state index in [0.29, 0.717) is 25.9 Å². The molecule has 0 bridgehead atoms. The van der Waals surface area contributed by atoms with Crippen LogP contribution >= 0.6 is 0 Å². The third-order valence-electron chi connectivity index (χ3n) is 6.32. The number of benzene rings is 2. The number of piperidine rings is 1. The highest BCUT2D eigenvalue weighted by atomic mass is 16.2. The summed E-state index contributed by atoms with van der Waals surface area (Å²) in [5.41, 5.74) is 3.67. The molecule has 1 aliphatic heterocycles. The Morgan fingerprint density at radius 1 is 0.969 bits per heavy atom. The molecule has 0 unspecified atom stereocenters. The molecule has 3 aromatic rings. The molecule has 5 nitrogen and oxygen atoms in total. The van der Waals surface area contributed by atoms with Crippen molar-refractivity contribution in [1.82, 2.24) is 15.2 Å². The van der Waals surface area contributed by atoms with Crippen molar-refractivity contribution in [3.63, 3.8) is 0 Å². The van der Waals surface area contributed by atoms with Crippen LogP contribution in [0.1, 0.15) is 24.0 Å². The second-order valence-corrected chi connectivity index (χ2v) is 8.55. The molecule has 1 atom stereocenters. The second-order valence-electron chi connectivity index (χ2n) is 8.55. The summed E-state index contributed by atoms with van der Waals surface area (Å²) in [6.07, 6.45) is 6.11. The number of pyridine rings is 1. The predicted octanol–water partition coefficient (Wildman–Crippen LogP) is 3.89. The Kier molecular flexibility index (Phi) is 6.64. The summed E-state index contributed by atoms with van der Waals surface area (Å²) >= 11 is 0. The van der Waals surface area contributed by atoms with Gasteiger partial charge < -0.3 is 10.2 Å². The predicted molar refractivity (Wildman–Crippen MR) is 126 cm³/mol.